The normalized spacial score (nSPS) is 15.5. The van der Waals surface area contributed by atoms with E-state index in [1.165, 1.54) is 4.90 Å². The third-order valence-corrected chi connectivity index (χ3v) is 5.94. The highest BCUT2D eigenvalue weighted by Gasteiger charge is 2.34. The van der Waals surface area contributed by atoms with Crippen LogP contribution >= 0.6 is 12.2 Å². The number of carbonyl (C=O) groups excluding carboxylic acids is 3. The number of hydrogen-bond acceptors (Lipinski definition) is 7. The Morgan fingerprint density at radius 1 is 0.970 bits per heavy atom. The number of nitrogens with zero attached hydrogens (tertiary/aromatic N) is 2. The molecule has 1 saturated heterocycles. The van der Waals surface area contributed by atoms with Crippen molar-refractivity contribution >= 4 is 40.5 Å². The van der Waals surface area contributed by atoms with E-state index in [9.17, 15) is 24.6 Å². The third kappa shape index (κ3) is 8.71. The molecule has 182 valence electrons. The first-order valence-corrected chi connectivity index (χ1v) is 11.7. The van der Waals surface area contributed by atoms with Gasteiger partial charge in [0.1, 0.15) is 0 Å². The minimum atomic E-state index is -1.83. The number of hydrogen-bond donors (Lipinski definition) is 4. The number of nitrogens with one attached hydrogen (secondary N) is 2. The predicted molar refractivity (Wildman–Crippen MR) is 130 cm³/mol. The molecule has 10 heteroatoms. The number of aliphatic hydroxyl groups is 2. The number of rotatable bonds is 12. The molecular formula is C23H34N4O5S. The molecule has 9 nitrogen and oxygen atoms in total. The Bertz CT molecular complexity index is 799. The SMILES string of the molecule is CCC(=S)CC(=O)NCCCCNC(=O)[C@H](O)[C@@H](O)C(=O)N1CCN(c2ccccc2)CC1. The van der Waals surface area contributed by atoms with Crippen molar-refractivity contribution < 1.29 is 24.6 Å². The second-order valence-electron chi connectivity index (χ2n) is 7.95. The molecule has 1 aliphatic heterocycles. The number of para-hydroxylation sites is 1. The van der Waals surface area contributed by atoms with Crippen LogP contribution < -0.4 is 15.5 Å². The van der Waals surface area contributed by atoms with Gasteiger partial charge in [-0.15, -0.1) is 0 Å². The number of carbonyl (C=O) groups is 3. The van der Waals surface area contributed by atoms with Crippen LogP contribution in [0.25, 0.3) is 0 Å². The van der Waals surface area contributed by atoms with Gasteiger partial charge in [-0.05, 0) is 31.4 Å². The highest BCUT2D eigenvalue weighted by molar-refractivity contribution is 7.80. The van der Waals surface area contributed by atoms with Crippen molar-refractivity contribution in [2.24, 2.45) is 0 Å². The van der Waals surface area contributed by atoms with Gasteiger partial charge >= 0.3 is 0 Å². The van der Waals surface area contributed by atoms with Gasteiger partial charge in [-0.2, -0.15) is 0 Å². The molecule has 0 bridgehead atoms. The van der Waals surface area contributed by atoms with Crippen LogP contribution in [0.1, 0.15) is 32.6 Å². The van der Waals surface area contributed by atoms with Gasteiger partial charge in [0.2, 0.25) is 5.91 Å². The number of piperazine rings is 1. The Morgan fingerprint density at radius 3 is 2.18 bits per heavy atom. The van der Waals surface area contributed by atoms with Crippen LogP contribution in [0, 0.1) is 0 Å². The molecule has 3 amide bonds. The second-order valence-corrected chi connectivity index (χ2v) is 8.53. The van der Waals surface area contributed by atoms with Crippen LogP contribution in [-0.4, -0.2) is 89.2 Å². The number of benzene rings is 1. The van der Waals surface area contributed by atoms with Crippen molar-refractivity contribution in [2.45, 2.75) is 44.8 Å². The van der Waals surface area contributed by atoms with Gasteiger partial charge in [0.05, 0.1) is 6.42 Å². The Balaban J connectivity index is 1.64. The average molecular weight is 479 g/mol. The molecule has 0 radical (unpaired) electrons. The maximum atomic E-state index is 12.5. The van der Waals surface area contributed by atoms with Gasteiger partial charge in [-0.3, -0.25) is 14.4 Å². The maximum Gasteiger partial charge on any atom is 0.254 e. The van der Waals surface area contributed by atoms with E-state index < -0.39 is 24.0 Å². The van der Waals surface area contributed by atoms with E-state index in [-0.39, 0.29) is 18.9 Å². The number of amides is 3. The van der Waals surface area contributed by atoms with E-state index >= 15 is 0 Å². The molecule has 1 aliphatic rings. The van der Waals surface area contributed by atoms with Gasteiger partial charge in [0.25, 0.3) is 11.8 Å². The quantitative estimate of drug-likeness (QED) is 0.251. The first-order valence-electron chi connectivity index (χ1n) is 11.3. The summed E-state index contributed by atoms with van der Waals surface area (Å²) in [5, 5.41) is 25.6. The third-order valence-electron chi connectivity index (χ3n) is 5.51. The average Bonchev–Trinajstić information content (AvgIpc) is 2.85. The van der Waals surface area contributed by atoms with Crippen molar-refractivity contribution in [1.29, 1.82) is 0 Å². The molecule has 0 spiro atoms. The lowest BCUT2D eigenvalue weighted by Gasteiger charge is -2.37. The molecule has 0 saturated carbocycles. The first kappa shape index (κ1) is 26.7. The minimum Gasteiger partial charge on any atom is -0.380 e. The smallest absolute Gasteiger partial charge is 0.254 e. The maximum absolute atomic E-state index is 12.5. The largest absolute Gasteiger partial charge is 0.380 e. The summed E-state index contributed by atoms with van der Waals surface area (Å²) in [7, 11) is 0. The fourth-order valence-electron chi connectivity index (χ4n) is 3.45. The summed E-state index contributed by atoms with van der Waals surface area (Å²) in [6.07, 6.45) is -1.51. The molecule has 1 aromatic carbocycles. The zero-order chi connectivity index (χ0) is 24.2. The zero-order valence-electron chi connectivity index (χ0n) is 19.0. The zero-order valence-corrected chi connectivity index (χ0v) is 19.9. The van der Waals surface area contributed by atoms with E-state index in [1.807, 2.05) is 37.3 Å². The second kappa shape index (κ2) is 13.9. The van der Waals surface area contributed by atoms with E-state index in [1.54, 1.807) is 0 Å². The van der Waals surface area contributed by atoms with Crippen LogP contribution in [0.2, 0.25) is 0 Å². The van der Waals surface area contributed by atoms with Crippen molar-refractivity contribution in [3.8, 4) is 0 Å². The van der Waals surface area contributed by atoms with Crippen molar-refractivity contribution in [3.05, 3.63) is 30.3 Å². The monoisotopic (exact) mass is 478 g/mol. The number of anilines is 1. The van der Waals surface area contributed by atoms with Crippen LogP contribution in [0.5, 0.6) is 0 Å². The van der Waals surface area contributed by atoms with Crippen LogP contribution in [0.3, 0.4) is 0 Å². The van der Waals surface area contributed by atoms with E-state index in [2.05, 4.69) is 15.5 Å². The Hall–Kier alpha value is -2.56. The van der Waals surface area contributed by atoms with Crippen molar-refractivity contribution in [1.82, 2.24) is 15.5 Å². The van der Waals surface area contributed by atoms with Gasteiger partial charge in [-0.1, -0.05) is 37.3 Å². The van der Waals surface area contributed by atoms with E-state index in [4.69, 9.17) is 12.2 Å². The van der Waals surface area contributed by atoms with Gasteiger partial charge in [-0.25, -0.2) is 0 Å². The molecule has 4 N–H and O–H groups in total. The number of unbranched alkanes of at least 4 members (excludes halogenated alkanes) is 1. The summed E-state index contributed by atoms with van der Waals surface area (Å²) in [6.45, 7) is 4.62. The van der Waals surface area contributed by atoms with Crippen molar-refractivity contribution in [3.63, 3.8) is 0 Å². The molecule has 1 fully saturated rings. The van der Waals surface area contributed by atoms with Gasteiger partial charge in [0, 0.05) is 49.8 Å². The standard InChI is InChI=1S/C23H34N4O5S/c1-2-18(33)16-19(28)24-10-6-7-11-25-22(31)20(29)21(30)23(32)27-14-12-26(13-15-27)17-8-4-3-5-9-17/h3-5,8-9,20-21,29-30H,2,6-7,10-16H2,1H3,(H,24,28)(H,25,31)/t20-,21-/m1/s1. The highest BCUT2D eigenvalue weighted by atomic mass is 32.1. The molecule has 1 heterocycles. The number of thiocarbonyl (C=S) groups is 1. The summed E-state index contributed by atoms with van der Waals surface area (Å²) in [5.74, 6) is -1.57. The molecule has 33 heavy (non-hydrogen) atoms. The Morgan fingerprint density at radius 2 is 1.58 bits per heavy atom. The molecule has 0 unspecified atom stereocenters. The van der Waals surface area contributed by atoms with Crippen molar-refractivity contribution in [2.75, 3.05) is 44.2 Å². The molecular weight excluding hydrogens is 444 g/mol. The molecule has 0 aromatic heterocycles. The molecule has 1 aromatic rings. The minimum absolute atomic E-state index is 0.118. The Kier molecular flexibility index (Phi) is 11.2. The predicted octanol–water partition coefficient (Wildman–Crippen LogP) is 0.240. The lowest BCUT2D eigenvalue weighted by Crippen LogP contribution is -2.55. The van der Waals surface area contributed by atoms with E-state index in [0.717, 1.165) is 5.69 Å². The lowest BCUT2D eigenvalue weighted by atomic mass is 10.1. The van der Waals surface area contributed by atoms with Crippen LogP contribution in [0.15, 0.2) is 30.3 Å². The van der Waals surface area contributed by atoms with Gasteiger partial charge in [0.15, 0.2) is 12.2 Å². The van der Waals surface area contributed by atoms with E-state index in [0.29, 0.717) is 56.9 Å². The Labute approximate surface area is 200 Å². The summed E-state index contributed by atoms with van der Waals surface area (Å²) in [4.78, 5) is 40.6. The van der Waals surface area contributed by atoms with Crippen LogP contribution in [0.4, 0.5) is 5.69 Å². The highest BCUT2D eigenvalue weighted by Crippen LogP contribution is 2.16. The summed E-state index contributed by atoms with van der Waals surface area (Å²) in [5.41, 5.74) is 1.06. The molecule has 0 aliphatic carbocycles. The van der Waals surface area contributed by atoms with Gasteiger partial charge < -0.3 is 30.6 Å². The fourth-order valence-corrected chi connectivity index (χ4v) is 3.58. The number of aliphatic hydroxyl groups excluding tert-OH is 2. The topological polar surface area (TPSA) is 122 Å². The summed E-state index contributed by atoms with van der Waals surface area (Å²) >= 11 is 5.03. The lowest BCUT2D eigenvalue weighted by molar-refractivity contribution is -0.153. The fraction of sp³-hybridized carbons (Fsp3) is 0.565. The summed E-state index contributed by atoms with van der Waals surface area (Å²) in [6, 6.07) is 9.83. The van der Waals surface area contributed by atoms with Crippen LogP contribution in [-0.2, 0) is 14.4 Å². The molecule has 2 atom stereocenters. The molecule has 2 rings (SSSR count). The first-order chi connectivity index (χ1) is 15.8. The summed E-state index contributed by atoms with van der Waals surface area (Å²) < 4.78 is 0.